The van der Waals surface area contributed by atoms with Crippen LogP contribution in [0.1, 0.15) is 0 Å². The molecular formula is C15H17N5O3S. The van der Waals surface area contributed by atoms with Gasteiger partial charge in [0, 0.05) is 18.8 Å². The Kier molecular flexibility index (Phi) is 5.44. The van der Waals surface area contributed by atoms with Crippen molar-refractivity contribution in [3.8, 4) is 0 Å². The van der Waals surface area contributed by atoms with Gasteiger partial charge in [0.1, 0.15) is 0 Å². The van der Waals surface area contributed by atoms with Crippen LogP contribution in [0.3, 0.4) is 0 Å². The van der Waals surface area contributed by atoms with Crippen LogP contribution in [-0.4, -0.2) is 58.1 Å². The number of thioether (sulfide) groups is 1. The number of hydrogen-bond acceptors (Lipinski definition) is 8. The van der Waals surface area contributed by atoms with E-state index in [1.54, 1.807) is 0 Å². The van der Waals surface area contributed by atoms with Gasteiger partial charge in [-0.05, 0) is 12.1 Å². The van der Waals surface area contributed by atoms with E-state index in [4.69, 9.17) is 9.84 Å². The lowest BCUT2D eigenvalue weighted by Crippen LogP contribution is -2.37. The predicted molar refractivity (Wildman–Crippen MR) is 90.9 cm³/mol. The Morgan fingerprint density at radius 1 is 1.21 bits per heavy atom. The Morgan fingerprint density at radius 2 is 1.96 bits per heavy atom. The summed E-state index contributed by atoms with van der Waals surface area (Å²) in [4.78, 5) is 25.9. The van der Waals surface area contributed by atoms with E-state index in [-0.39, 0.29) is 5.75 Å². The van der Waals surface area contributed by atoms with Crippen molar-refractivity contribution in [1.29, 1.82) is 0 Å². The topological polar surface area (TPSA) is 100 Å². The average Bonchev–Trinajstić information content (AvgIpc) is 2.61. The monoisotopic (exact) mass is 347 g/mol. The van der Waals surface area contributed by atoms with Gasteiger partial charge in [-0.2, -0.15) is 15.0 Å². The van der Waals surface area contributed by atoms with Crippen molar-refractivity contribution >= 4 is 35.3 Å². The van der Waals surface area contributed by atoms with Gasteiger partial charge in [0.25, 0.3) is 0 Å². The standard InChI is InChI=1S/C15H17N5O3S/c21-12(22)10-24-15-18-13(16-11-4-2-1-3-5-11)17-14(19-15)20-6-8-23-9-7-20/h1-5H,6-10H2,(H,21,22)(H,16,17,18,19). The maximum absolute atomic E-state index is 10.8. The molecule has 8 nitrogen and oxygen atoms in total. The fourth-order valence-electron chi connectivity index (χ4n) is 2.15. The molecule has 0 spiro atoms. The summed E-state index contributed by atoms with van der Waals surface area (Å²) in [6, 6.07) is 9.55. The van der Waals surface area contributed by atoms with Crippen molar-refractivity contribution in [3.63, 3.8) is 0 Å². The fourth-order valence-corrected chi connectivity index (χ4v) is 2.70. The average molecular weight is 347 g/mol. The zero-order valence-electron chi connectivity index (χ0n) is 12.9. The van der Waals surface area contributed by atoms with E-state index in [0.29, 0.717) is 43.4 Å². The van der Waals surface area contributed by atoms with Gasteiger partial charge in [0.15, 0.2) is 5.16 Å². The quantitative estimate of drug-likeness (QED) is 0.755. The first-order valence-corrected chi connectivity index (χ1v) is 8.45. The molecule has 2 heterocycles. The number of hydrogen-bond donors (Lipinski definition) is 2. The fraction of sp³-hybridized carbons (Fsp3) is 0.333. The molecule has 1 aliphatic heterocycles. The summed E-state index contributed by atoms with van der Waals surface area (Å²) >= 11 is 1.07. The van der Waals surface area contributed by atoms with Crippen LogP contribution < -0.4 is 10.2 Å². The molecule has 126 valence electrons. The molecule has 1 aromatic carbocycles. The summed E-state index contributed by atoms with van der Waals surface area (Å²) in [6.07, 6.45) is 0. The molecule has 2 aromatic rings. The van der Waals surface area contributed by atoms with Crippen LogP contribution >= 0.6 is 11.8 Å². The van der Waals surface area contributed by atoms with Gasteiger partial charge < -0.3 is 20.1 Å². The first kappa shape index (κ1) is 16.5. The van der Waals surface area contributed by atoms with Crippen molar-refractivity contribution < 1.29 is 14.6 Å². The number of rotatable bonds is 6. The minimum atomic E-state index is -0.911. The van der Waals surface area contributed by atoms with Crippen molar-refractivity contribution in [2.24, 2.45) is 0 Å². The molecule has 0 amide bonds. The summed E-state index contributed by atoms with van der Waals surface area (Å²) < 4.78 is 5.34. The van der Waals surface area contributed by atoms with Crippen LogP contribution in [0.4, 0.5) is 17.6 Å². The second-order valence-corrected chi connectivity index (χ2v) is 5.96. The predicted octanol–water partition coefficient (Wildman–Crippen LogP) is 1.63. The zero-order chi connectivity index (χ0) is 16.8. The molecule has 9 heteroatoms. The highest BCUT2D eigenvalue weighted by Crippen LogP contribution is 2.21. The van der Waals surface area contributed by atoms with Gasteiger partial charge in [-0.25, -0.2) is 0 Å². The SMILES string of the molecule is O=C(O)CSc1nc(Nc2ccccc2)nc(N2CCOCC2)n1. The normalized spacial score (nSPS) is 14.4. The number of anilines is 3. The van der Waals surface area contributed by atoms with Crippen LogP contribution in [0.2, 0.25) is 0 Å². The number of aliphatic carboxylic acids is 1. The maximum atomic E-state index is 10.8. The number of carbonyl (C=O) groups is 1. The third kappa shape index (κ3) is 4.56. The Hall–Kier alpha value is -2.39. The molecule has 0 aliphatic carbocycles. The summed E-state index contributed by atoms with van der Waals surface area (Å²) in [5.41, 5.74) is 0.853. The number of carboxylic acids is 1. The lowest BCUT2D eigenvalue weighted by Gasteiger charge is -2.27. The van der Waals surface area contributed by atoms with E-state index < -0.39 is 5.97 Å². The van der Waals surface area contributed by atoms with Gasteiger partial charge in [-0.1, -0.05) is 30.0 Å². The summed E-state index contributed by atoms with van der Waals surface area (Å²) in [5.74, 6) is -0.0896. The Labute approximate surface area is 143 Å². The minimum absolute atomic E-state index is 0.0999. The van der Waals surface area contributed by atoms with Crippen LogP contribution in [0.15, 0.2) is 35.5 Å². The van der Waals surface area contributed by atoms with E-state index in [0.717, 1.165) is 17.4 Å². The van der Waals surface area contributed by atoms with Gasteiger partial charge in [-0.15, -0.1) is 0 Å². The number of ether oxygens (including phenoxy) is 1. The van der Waals surface area contributed by atoms with Crippen molar-refractivity contribution in [2.75, 3.05) is 42.3 Å². The van der Waals surface area contributed by atoms with Crippen molar-refractivity contribution in [2.45, 2.75) is 5.16 Å². The van der Waals surface area contributed by atoms with E-state index >= 15 is 0 Å². The number of morpholine rings is 1. The van der Waals surface area contributed by atoms with Crippen molar-refractivity contribution in [1.82, 2.24) is 15.0 Å². The van der Waals surface area contributed by atoms with Crippen LogP contribution in [0.5, 0.6) is 0 Å². The van der Waals surface area contributed by atoms with Gasteiger partial charge in [0.2, 0.25) is 11.9 Å². The second kappa shape index (κ2) is 7.93. The van der Waals surface area contributed by atoms with Gasteiger partial charge in [0.05, 0.1) is 19.0 Å². The molecule has 1 aromatic heterocycles. The van der Waals surface area contributed by atoms with E-state index in [1.807, 2.05) is 35.2 Å². The number of nitrogens with zero attached hydrogens (tertiary/aromatic N) is 4. The molecular weight excluding hydrogens is 330 g/mol. The third-order valence-electron chi connectivity index (χ3n) is 3.25. The third-order valence-corrected chi connectivity index (χ3v) is 4.08. The van der Waals surface area contributed by atoms with E-state index in [9.17, 15) is 4.79 Å². The Bertz CT molecular complexity index is 695. The number of carboxylic acid groups (broad SMARTS) is 1. The highest BCUT2D eigenvalue weighted by molar-refractivity contribution is 7.99. The number of aromatic nitrogens is 3. The lowest BCUT2D eigenvalue weighted by atomic mass is 10.3. The highest BCUT2D eigenvalue weighted by Gasteiger charge is 2.17. The summed E-state index contributed by atoms with van der Waals surface area (Å²) in [7, 11) is 0. The van der Waals surface area contributed by atoms with Gasteiger partial charge in [-0.3, -0.25) is 4.79 Å². The molecule has 0 radical (unpaired) electrons. The van der Waals surface area contributed by atoms with E-state index in [1.165, 1.54) is 0 Å². The molecule has 0 atom stereocenters. The second-order valence-electron chi connectivity index (χ2n) is 5.01. The van der Waals surface area contributed by atoms with Crippen LogP contribution in [-0.2, 0) is 9.53 Å². The van der Waals surface area contributed by atoms with E-state index in [2.05, 4.69) is 20.3 Å². The maximum Gasteiger partial charge on any atom is 0.313 e. The summed E-state index contributed by atoms with van der Waals surface area (Å²) in [5, 5.41) is 12.4. The zero-order valence-corrected chi connectivity index (χ0v) is 13.7. The minimum Gasteiger partial charge on any atom is -0.481 e. The molecule has 0 saturated carbocycles. The first-order valence-electron chi connectivity index (χ1n) is 7.46. The van der Waals surface area contributed by atoms with Crippen molar-refractivity contribution in [3.05, 3.63) is 30.3 Å². The summed E-state index contributed by atoms with van der Waals surface area (Å²) in [6.45, 7) is 2.62. The molecule has 0 unspecified atom stereocenters. The molecule has 24 heavy (non-hydrogen) atoms. The Balaban J connectivity index is 1.85. The number of para-hydroxylation sites is 1. The number of nitrogens with one attached hydrogen (secondary N) is 1. The smallest absolute Gasteiger partial charge is 0.313 e. The highest BCUT2D eigenvalue weighted by atomic mass is 32.2. The molecule has 1 fully saturated rings. The van der Waals surface area contributed by atoms with Gasteiger partial charge >= 0.3 is 5.97 Å². The molecule has 1 saturated heterocycles. The Morgan fingerprint density at radius 3 is 2.67 bits per heavy atom. The van der Waals surface area contributed by atoms with Crippen LogP contribution in [0, 0.1) is 0 Å². The molecule has 2 N–H and O–H groups in total. The first-order chi connectivity index (χ1) is 11.7. The molecule has 1 aliphatic rings. The van der Waals surface area contributed by atoms with Crippen LogP contribution in [0.25, 0.3) is 0 Å². The number of benzene rings is 1. The lowest BCUT2D eigenvalue weighted by molar-refractivity contribution is -0.133. The molecule has 0 bridgehead atoms. The molecule has 3 rings (SSSR count). The largest absolute Gasteiger partial charge is 0.481 e.